The highest BCUT2D eigenvalue weighted by atomic mass is 32.2. The number of hydrogen-bond acceptors (Lipinski definition) is 5. The van der Waals surface area contributed by atoms with Crippen LogP contribution in [0.2, 0.25) is 0 Å². The molecule has 0 saturated heterocycles. The van der Waals surface area contributed by atoms with E-state index in [0.717, 1.165) is 30.4 Å². The fourth-order valence-electron chi connectivity index (χ4n) is 4.45. The van der Waals surface area contributed by atoms with Crippen molar-refractivity contribution in [2.24, 2.45) is 0 Å². The molecule has 7 nitrogen and oxygen atoms in total. The largest absolute Gasteiger partial charge is 0.493 e. The van der Waals surface area contributed by atoms with Crippen molar-refractivity contribution in [3.63, 3.8) is 0 Å². The number of sulfonamides is 1. The van der Waals surface area contributed by atoms with E-state index in [0.29, 0.717) is 11.5 Å². The fourth-order valence-corrected chi connectivity index (χ4v) is 5.66. The molecule has 0 aromatic heterocycles. The molecule has 1 aliphatic rings. The zero-order valence-corrected chi connectivity index (χ0v) is 20.7. The molecule has 0 unspecified atom stereocenters. The predicted octanol–water partition coefficient (Wildman–Crippen LogP) is 3.79. The Morgan fingerprint density at radius 1 is 0.971 bits per heavy atom. The monoisotopic (exact) mass is 494 g/mol. The highest BCUT2D eigenvalue weighted by molar-refractivity contribution is 7.89. The Balaban J connectivity index is 1.60. The molecular weight excluding hydrogens is 464 g/mol. The molecule has 184 valence electrons. The lowest BCUT2D eigenvalue weighted by Gasteiger charge is -2.28. The van der Waals surface area contributed by atoms with Crippen LogP contribution < -0.4 is 19.5 Å². The van der Waals surface area contributed by atoms with Crippen molar-refractivity contribution in [1.82, 2.24) is 10.0 Å². The molecule has 3 aromatic rings. The molecule has 0 bridgehead atoms. The predicted molar refractivity (Wildman–Crippen MR) is 134 cm³/mol. The Hall–Kier alpha value is -3.36. The van der Waals surface area contributed by atoms with Crippen LogP contribution in [0.4, 0.5) is 0 Å². The SMILES string of the molecule is COc1ccc(S(=O)(=O)N[C@H](Cc2ccccc2)C(=O)N[C@H]2CCCc3ccccc32)cc1OC. The van der Waals surface area contributed by atoms with Gasteiger partial charge in [-0.3, -0.25) is 4.79 Å². The van der Waals surface area contributed by atoms with Crippen LogP contribution in [-0.2, 0) is 27.7 Å². The summed E-state index contributed by atoms with van der Waals surface area (Å²) in [6.07, 6.45) is 2.96. The zero-order valence-electron chi connectivity index (χ0n) is 19.9. The third-order valence-corrected chi connectivity index (χ3v) is 7.72. The van der Waals surface area contributed by atoms with Crippen LogP contribution in [0.25, 0.3) is 0 Å². The van der Waals surface area contributed by atoms with Crippen molar-refractivity contribution in [3.8, 4) is 11.5 Å². The molecule has 3 aromatic carbocycles. The molecular formula is C27H30N2O5S. The number of nitrogens with one attached hydrogen (secondary N) is 2. The van der Waals surface area contributed by atoms with Gasteiger partial charge in [0.05, 0.1) is 25.2 Å². The number of carbonyl (C=O) groups excluding carboxylic acids is 1. The van der Waals surface area contributed by atoms with Gasteiger partial charge < -0.3 is 14.8 Å². The van der Waals surface area contributed by atoms with Crippen molar-refractivity contribution in [3.05, 3.63) is 89.5 Å². The summed E-state index contributed by atoms with van der Waals surface area (Å²) in [5.74, 6) is 0.346. The van der Waals surface area contributed by atoms with Crippen LogP contribution in [0.3, 0.4) is 0 Å². The molecule has 0 fully saturated rings. The van der Waals surface area contributed by atoms with Crippen LogP contribution in [0.15, 0.2) is 77.7 Å². The van der Waals surface area contributed by atoms with Gasteiger partial charge in [0.1, 0.15) is 6.04 Å². The smallest absolute Gasteiger partial charge is 0.241 e. The normalized spacial score (nSPS) is 16.1. The third-order valence-electron chi connectivity index (χ3n) is 6.25. The van der Waals surface area contributed by atoms with Crippen molar-refractivity contribution in [1.29, 1.82) is 0 Å². The van der Waals surface area contributed by atoms with Crippen LogP contribution in [-0.4, -0.2) is 34.6 Å². The minimum absolute atomic E-state index is 0.0102. The summed E-state index contributed by atoms with van der Waals surface area (Å²) in [4.78, 5) is 13.5. The van der Waals surface area contributed by atoms with E-state index in [-0.39, 0.29) is 23.3 Å². The van der Waals surface area contributed by atoms with Crippen molar-refractivity contribution in [2.45, 2.75) is 42.7 Å². The summed E-state index contributed by atoms with van der Waals surface area (Å²) >= 11 is 0. The molecule has 0 radical (unpaired) electrons. The maximum Gasteiger partial charge on any atom is 0.241 e. The van der Waals surface area contributed by atoms with E-state index in [9.17, 15) is 13.2 Å². The lowest BCUT2D eigenvalue weighted by molar-refractivity contribution is -0.123. The lowest BCUT2D eigenvalue weighted by atomic mass is 9.87. The fraction of sp³-hybridized carbons (Fsp3) is 0.296. The summed E-state index contributed by atoms with van der Waals surface area (Å²) < 4.78 is 39.7. The molecule has 8 heteroatoms. The highest BCUT2D eigenvalue weighted by Crippen LogP contribution is 2.31. The molecule has 1 aliphatic carbocycles. The second kappa shape index (κ2) is 10.9. The number of rotatable bonds is 9. The van der Waals surface area contributed by atoms with Gasteiger partial charge in [-0.05, 0) is 54.5 Å². The Kier molecular flexibility index (Phi) is 7.73. The van der Waals surface area contributed by atoms with Crippen LogP contribution in [0.5, 0.6) is 11.5 Å². The van der Waals surface area contributed by atoms with Gasteiger partial charge in [0, 0.05) is 6.07 Å². The Morgan fingerprint density at radius 3 is 2.43 bits per heavy atom. The van der Waals surface area contributed by atoms with E-state index in [2.05, 4.69) is 16.1 Å². The highest BCUT2D eigenvalue weighted by Gasteiger charge is 2.30. The molecule has 0 heterocycles. The number of benzene rings is 3. The van der Waals surface area contributed by atoms with Crippen molar-refractivity contribution >= 4 is 15.9 Å². The summed E-state index contributed by atoms with van der Waals surface area (Å²) in [5, 5.41) is 3.10. The van der Waals surface area contributed by atoms with Gasteiger partial charge in [0.25, 0.3) is 0 Å². The minimum atomic E-state index is -4.03. The molecule has 0 saturated carbocycles. The molecule has 0 spiro atoms. The minimum Gasteiger partial charge on any atom is -0.493 e. The summed E-state index contributed by atoms with van der Waals surface area (Å²) in [6, 6.07) is 20.6. The van der Waals surface area contributed by atoms with Crippen LogP contribution >= 0.6 is 0 Å². The molecule has 4 rings (SSSR count). The van der Waals surface area contributed by atoms with E-state index in [1.807, 2.05) is 48.5 Å². The maximum absolute atomic E-state index is 13.5. The van der Waals surface area contributed by atoms with Gasteiger partial charge >= 0.3 is 0 Å². The van der Waals surface area contributed by atoms with Crippen molar-refractivity contribution < 1.29 is 22.7 Å². The number of methoxy groups -OCH3 is 2. The second-order valence-electron chi connectivity index (χ2n) is 8.53. The van der Waals surface area contributed by atoms with Crippen molar-refractivity contribution in [2.75, 3.05) is 14.2 Å². The Bertz CT molecular complexity index is 1280. The maximum atomic E-state index is 13.5. The first-order valence-corrected chi connectivity index (χ1v) is 13.1. The lowest BCUT2D eigenvalue weighted by Crippen LogP contribution is -2.49. The first-order valence-electron chi connectivity index (χ1n) is 11.6. The first-order chi connectivity index (χ1) is 16.9. The summed E-state index contributed by atoms with van der Waals surface area (Å²) in [6.45, 7) is 0. The average molecular weight is 495 g/mol. The van der Waals surface area contributed by atoms with Gasteiger partial charge in [-0.25, -0.2) is 8.42 Å². The second-order valence-corrected chi connectivity index (χ2v) is 10.2. The topological polar surface area (TPSA) is 93.7 Å². The number of aryl methyl sites for hydroxylation is 1. The Labute approximate surface area is 206 Å². The van der Waals surface area contributed by atoms with E-state index >= 15 is 0 Å². The number of carbonyl (C=O) groups is 1. The zero-order chi connectivity index (χ0) is 24.8. The van der Waals surface area contributed by atoms with Gasteiger partial charge in [-0.15, -0.1) is 0 Å². The average Bonchev–Trinajstić information content (AvgIpc) is 2.88. The quantitative estimate of drug-likeness (QED) is 0.472. The van der Waals surface area contributed by atoms with Crippen LogP contribution in [0.1, 0.15) is 35.6 Å². The molecule has 2 atom stereocenters. The van der Waals surface area contributed by atoms with Gasteiger partial charge in [0.2, 0.25) is 15.9 Å². The molecule has 2 N–H and O–H groups in total. The van der Waals surface area contributed by atoms with Gasteiger partial charge in [0.15, 0.2) is 11.5 Å². The summed E-state index contributed by atoms with van der Waals surface area (Å²) in [7, 11) is -1.11. The standard InChI is InChI=1S/C27H30N2O5S/c1-33-25-16-15-21(18-26(25)34-2)35(31,32)29-24(17-19-9-4-3-5-10-19)27(30)28-23-14-8-12-20-11-6-7-13-22(20)23/h3-7,9-11,13,15-16,18,23-24,29H,8,12,14,17H2,1-2H3,(H,28,30)/t23-,24+/m0/s1. The van der Waals surface area contributed by atoms with E-state index < -0.39 is 16.1 Å². The molecule has 0 aliphatic heterocycles. The van der Waals surface area contributed by atoms with E-state index in [1.165, 1.54) is 38.0 Å². The van der Waals surface area contributed by atoms with Crippen LogP contribution in [0, 0.1) is 0 Å². The number of amides is 1. The first kappa shape index (κ1) is 24.8. The van der Waals surface area contributed by atoms with E-state index in [4.69, 9.17) is 9.47 Å². The molecule has 1 amide bonds. The third kappa shape index (κ3) is 5.83. The Morgan fingerprint density at radius 2 is 1.69 bits per heavy atom. The number of fused-ring (bicyclic) bond motifs is 1. The number of hydrogen-bond donors (Lipinski definition) is 2. The number of ether oxygens (including phenoxy) is 2. The summed E-state index contributed by atoms with van der Waals surface area (Å²) in [5.41, 5.74) is 3.16. The van der Waals surface area contributed by atoms with Gasteiger partial charge in [-0.1, -0.05) is 54.6 Å². The molecule has 35 heavy (non-hydrogen) atoms. The van der Waals surface area contributed by atoms with Gasteiger partial charge in [-0.2, -0.15) is 4.72 Å². The van der Waals surface area contributed by atoms with E-state index in [1.54, 1.807) is 0 Å².